The summed E-state index contributed by atoms with van der Waals surface area (Å²) in [5, 5.41) is 0. The fraction of sp³-hybridized carbons (Fsp3) is 0.643. The molecule has 17 heavy (non-hydrogen) atoms. The maximum Gasteiger partial charge on any atom is 0.216 e. The van der Waals surface area contributed by atoms with E-state index in [0.29, 0.717) is 5.88 Å². The average molecular weight is 235 g/mol. The highest BCUT2D eigenvalue weighted by atomic mass is 16.5. The van der Waals surface area contributed by atoms with Crippen LogP contribution in [0.15, 0.2) is 12.3 Å². The van der Waals surface area contributed by atoms with Gasteiger partial charge in [0, 0.05) is 18.7 Å². The SMILES string of the molecule is [CH2]CCCCc1nccc(OCCCCC)n1. The van der Waals surface area contributed by atoms with Crippen LogP contribution in [0.2, 0.25) is 0 Å². The van der Waals surface area contributed by atoms with Crippen molar-refractivity contribution in [1.82, 2.24) is 9.97 Å². The summed E-state index contributed by atoms with van der Waals surface area (Å²) in [6.45, 7) is 6.77. The Morgan fingerprint density at radius 3 is 2.88 bits per heavy atom. The van der Waals surface area contributed by atoms with Gasteiger partial charge >= 0.3 is 0 Å². The third-order valence-corrected chi connectivity index (χ3v) is 2.58. The van der Waals surface area contributed by atoms with Gasteiger partial charge in [-0.25, -0.2) is 4.98 Å². The third-order valence-electron chi connectivity index (χ3n) is 2.58. The van der Waals surface area contributed by atoms with E-state index in [-0.39, 0.29) is 0 Å². The summed E-state index contributed by atoms with van der Waals surface area (Å²) in [4.78, 5) is 8.63. The van der Waals surface area contributed by atoms with Gasteiger partial charge in [-0.05, 0) is 12.8 Å². The molecule has 1 rings (SSSR count). The Labute approximate surface area is 105 Å². The van der Waals surface area contributed by atoms with Gasteiger partial charge in [-0.15, -0.1) is 0 Å². The monoisotopic (exact) mass is 235 g/mol. The fourth-order valence-electron chi connectivity index (χ4n) is 1.57. The van der Waals surface area contributed by atoms with Crippen molar-refractivity contribution in [2.45, 2.75) is 51.9 Å². The van der Waals surface area contributed by atoms with E-state index in [2.05, 4.69) is 23.8 Å². The van der Waals surface area contributed by atoms with Crippen LogP contribution < -0.4 is 4.74 Å². The predicted octanol–water partition coefficient (Wildman–Crippen LogP) is 3.59. The third kappa shape index (κ3) is 6.25. The molecule has 0 saturated carbocycles. The zero-order valence-electron chi connectivity index (χ0n) is 10.8. The average Bonchev–Trinajstić information content (AvgIpc) is 2.36. The Morgan fingerprint density at radius 2 is 2.12 bits per heavy atom. The van der Waals surface area contributed by atoms with Crippen molar-refractivity contribution in [3.8, 4) is 5.88 Å². The van der Waals surface area contributed by atoms with Crippen molar-refractivity contribution in [3.63, 3.8) is 0 Å². The molecule has 0 bridgehead atoms. The normalized spacial score (nSPS) is 10.5. The maximum absolute atomic E-state index is 5.59. The molecule has 0 spiro atoms. The van der Waals surface area contributed by atoms with E-state index in [9.17, 15) is 0 Å². The number of aryl methyl sites for hydroxylation is 1. The first kappa shape index (κ1) is 13.9. The van der Waals surface area contributed by atoms with E-state index in [1.807, 2.05) is 6.07 Å². The Morgan fingerprint density at radius 1 is 1.24 bits per heavy atom. The number of nitrogens with zero attached hydrogens (tertiary/aromatic N) is 2. The molecule has 0 unspecified atom stereocenters. The smallest absolute Gasteiger partial charge is 0.216 e. The molecule has 95 valence electrons. The van der Waals surface area contributed by atoms with E-state index in [4.69, 9.17) is 4.74 Å². The summed E-state index contributed by atoms with van der Waals surface area (Å²) in [7, 11) is 0. The maximum atomic E-state index is 5.59. The minimum Gasteiger partial charge on any atom is -0.478 e. The van der Waals surface area contributed by atoms with Crippen LogP contribution in [0.4, 0.5) is 0 Å². The first-order chi connectivity index (χ1) is 8.36. The van der Waals surface area contributed by atoms with Gasteiger partial charge in [0.2, 0.25) is 5.88 Å². The molecule has 0 amide bonds. The summed E-state index contributed by atoms with van der Waals surface area (Å²) < 4.78 is 5.59. The Hall–Kier alpha value is -1.12. The van der Waals surface area contributed by atoms with Crippen LogP contribution >= 0.6 is 0 Å². The van der Waals surface area contributed by atoms with E-state index >= 15 is 0 Å². The van der Waals surface area contributed by atoms with Gasteiger partial charge in [0.05, 0.1) is 6.61 Å². The summed E-state index contributed by atoms with van der Waals surface area (Å²) in [5.74, 6) is 1.59. The van der Waals surface area contributed by atoms with Gasteiger partial charge in [0.1, 0.15) is 5.82 Å². The van der Waals surface area contributed by atoms with Crippen LogP contribution in [0.25, 0.3) is 0 Å². The van der Waals surface area contributed by atoms with E-state index in [1.165, 1.54) is 12.8 Å². The number of aromatic nitrogens is 2. The van der Waals surface area contributed by atoms with Gasteiger partial charge in [-0.1, -0.05) is 39.5 Å². The van der Waals surface area contributed by atoms with Gasteiger partial charge in [-0.3, -0.25) is 0 Å². The molecule has 0 N–H and O–H groups in total. The molecule has 0 aromatic carbocycles. The zero-order valence-corrected chi connectivity index (χ0v) is 10.8. The quantitative estimate of drug-likeness (QED) is 0.613. The molecule has 0 atom stereocenters. The Bertz CT molecular complexity index is 302. The van der Waals surface area contributed by atoms with Crippen molar-refractivity contribution < 1.29 is 4.74 Å². The summed E-state index contributed by atoms with van der Waals surface area (Å²) in [6.07, 6.45) is 9.42. The molecule has 3 heteroatoms. The van der Waals surface area contributed by atoms with Gasteiger partial charge in [0.25, 0.3) is 0 Å². The van der Waals surface area contributed by atoms with Crippen LogP contribution in [0.5, 0.6) is 5.88 Å². The molecule has 3 nitrogen and oxygen atoms in total. The van der Waals surface area contributed by atoms with E-state index < -0.39 is 0 Å². The number of hydrogen-bond donors (Lipinski definition) is 0. The fourth-order valence-corrected chi connectivity index (χ4v) is 1.57. The Balaban J connectivity index is 2.31. The summed E-state index contributed by atoms with van der Waals surface area (Å²) in [6, 6.07) is 1.83. The molecule has 0 aliphatic carbocycles. The van der Waals surface area contributed by atoms with Crippen molar-refractivity contribution in [2.75, 3.05) is 6.61 Å². The largest absolute Gasteiger partial charge is 0.478 e. The van der Waals surface area contributed by atoms with Crippen molar-refractivity contribution >= 4 is 0 Å². The zero-order chi connectivity index (χ0) is 12.3. The molecule has 1 aromatic rings. The molecule has 1 heterocycles. The van der Waals surface area contributed by atoms with Gasteiger partial charge in [-0.2, -0.15) is 4.98 Å². The van der Waals surface area contributed by atoms with Gasteiger partial charge in [0.15, 0.2) is 0 Å². The topological polar surface area (TPSA) is 35.0 Å². The lowest BCUT2D eigenvalue weighted by molar-refractivity contribution is 0.293. The summed E-state index contributed by atoms with van der Waals surface area (Å²) in [5.41, 5.74) is 0. The van der Waals surface area contributed by atoms with Crippen molar-refractivity contribution in [2.24, 2.45) is 0 Å². The second-order valence-corrected chi connectivity index (χ2v) is 4.18. The number of hydrogen-bond acceptors (Lipinski definition) is 3. The highest BCUT2D eigenvalue weighted by Gasteiger charge is 2.00. The highest BCUT2D eigenvalue weighted by molar-refractivity contribution is 5.08. The lowest BCUT2D eigenvalue weighted by Crippen LogP contribution is -2.02. The first-order valence-corrected chi connectivity index (χ1v) is 6.60. The molecule has 1 radical (unpaired) electrons. The molecular formula is C14H23N2O. The second kappa shape index (κ2) is 8.97. The van der Waals surface area contributed by atoms with Crippen LogP contribution in [0.1, 0.15) is 51.3 Å². The molecular weight excluding hydrogens is 212 g/mol. The molecule has 0 aliphatic rings. The molecule has 0 fully saturated rings. The Kier molecular flexibility index (Phi) is 7.35. The predicted molar refractivity (Wildman–Crippen MR) is 70.0 cm³/mol. The number of rotatable bonds is 9. The summed E-state index contributed by atoms with van der Waals surface area (Å²) >= 11 is 0. The van der Waals surface area contributed by atoms with Crippen molar-refractivity contribution in [3.05, 3.63) is 25.0 Å². The number of unbranched alkanes of at least 4 members (excludes halogenated alkanes) is 4. The minimum absolute atomic E-state index is 0.709. The van der Waals surface area contributed by atoms with Crippen LogP contribution in [0.3, 0.4) is 0 Å². The lowest BCUT2D eigenvalue weighted by Gasteiger charge is -2.05. The van der Waals surface area contributed by atoms with E-state index in [0.717, 1.165) is 44.5 Å². The molecule has 0 saturated heterocycles. The van der Waals surface area contributed by atoms with Crippen LogP contribution in [0, 0.1) is 6.92 Å². The standard InChI is InChI=1S/C14H23N2O/c1-3-5-7-9-13-15-11-10-14(16-13)17-12-8-6-4-2/h10-11H,1,3-9,12H2,2H3. The second-order valence-electron chi connectivity index (χ2n) is 4.18. The molecule has 1 aromatic heterocycles. The number of ether oxygens (including phenoxy) is 1. The van der Waals surface area contributed by atoms with Crippen LogP contribution in [-0.2, 0) is 6.42 Å². The lowest BCUT2D eigenvalue weighted by atomic mass is 10.2. The van der Waals surface area contributed by atoms with E-state index in [1.54, 1.807) is 6.20 Å². The van der Waals surface area contributed by atoms with Gasteiger partial charge < -0.3 is 4.74 Å². The highest BCUT2D eigenvalue weighted by Crippen LogP contribution is 2.08. The van der Waals surface area contributed by atoms with Crippen molar-refractivity contribution in [1.29, 1.82) is 0 Å². The first-order valence-electron chi connectivity index (χ1n) is 6.60. The molecule has 0 aliphatic heterocycles. The van der Waals surface area contributed by atoms with Crippen LogP contribution in [-0.4, -0.2) is 16.6 Å². The minimum atomic E-state index is 0.709.